The second kappa shape index (κ2) is 12.2. The zero-order chi connectivity index (χ0) is 33.5. The summed E-state index contributed by atoms with van der Waals surface area (Å²) in [6.07, 6.45) is -8.96. The van der Waals surface area contributed by atoms with Crippen molar-refractivity contribution in [2.24, 2.45) is 0 Å². The van der Waals surface area contributed by atoms with Crippen LogP contribution in [0, 0.1) is 0 Å². The molecule has 246 valence electrons. The van der Waals surface area contributed by atoms with Gasteiger partial charge < -0.3 is 24.2 Å². The number of benzene rings is 3. The van der Waals surface area contributed by atoms with E-state index in [0.717, 1.165) is 29.8 Å². The Hall–Kier alpha value is -5.18. The van der Waals surface area contributed by atoms with Crippen molar-refractivity contribution in [3.8, 4) is 22.6 Å². The molecule has 0 bridgehead atoms. The van der Waals surface area contributed by atoms with Crippen LogP contribution in [0.1, 0.15) is 5.69 Å². The standard InChI is InChI=1S/C32H26F6N4O5/c1-45-25-11-10-23-27(28(25)46-29(43)31(33,34)35)26(19-6-3-2-4-7-19)24(42(23)47-30(44)32(36,37)38)18-40-14-16-41(17-15-40)22-9-5-8-21-20(22)12-13-39-21/h2-13,39H,14-18H2,1H3. The van der Waals surface area contributed by atoms with Crippen molar-refractivity contribution >= 4 is 39.4 Å². The molecule has 1 aliphatic heterocycles. The molecule has 9 nitrogen and oxygen atoms in total. The fraction of sp³-hybridized carbons (Fsp3) is 0.250. The molecule has 0 spiro atoms. The highest BCUT2D eigenvalue weighted by Crippen LogP contribution is 2.46. The van der Waals surface area contributed by atoms with Crippen LogP contribution in [-0.2, 0) is 16.1 Å². The lowest BCUT2D eigenvalue weighted by Gasteiger charge is -2.36. The number of nitrogens with one attached hydrogen (secondary N) is 1. The van der Waals surface area contributed by atoms with E-state index < -0.39 is 30.0 Å². The van der Waals surface area contributed by atoms with Gasteiger partial charge in [0.15, 0.2) is 11.5 Å². The number of methoxy groups -OCH3 is 1. The molecule has 0 radical (unpaired) electrons. The number of H-pyrrole nitrogens is 1. The van der Waals surface area contributed by atoms with Crippen molar-refractivity contribution in [2.75, 3.05) is 38.2 Å². The molecule has 1 aliphatic rings. The lowest BCUT2D eigenvalue weighted by Crippen LogP contribution is -2.46. The van der Waals surface area contributed by atoms with Gasteiger partial charge in [0.25, 0.3) is 0 Å². The van der Waals surface area contributed by atoms with E-state index in [0.29, 0.717) is 36.5 Å². The van der Waals surface area contributed by atoms with Crippen molar-refractivity contribution < 1.29 is 50.2 Å². The lowest BCUT2D eigenvalue weighted by molar-refractivity contribution is -0.199. The summed E-state index contributed by atoms with van der Waals surface area (Å²) >= 11 is 0. The number of halogens is 6. The van der Waals surface area contributed by atoms with E-state index in [4.69, 9.17) is 14.3 Å². The first-order valence-corrected chi connectivity index (χ1v) is 14.3. The second-order valence-corrected chi connectivity index (χ2v) is 10.7. The van der Waals surface area contributed by atoms with Crippen LogP contribution < -0.4 is 19.2 Å². The van der Waals surface area contributed by atoms with Gasteiger partial charge >= 0.3 is 24.3 Å². The lowest BCUT2D eigenvalue weighted by atomic mass is 10.0. The summed E-state index contributed by atoms with van der Waals surface area (Å²) in [5, 5.41) is 0.817. The molecule has 5 aromatic rings. The number of hydrogen-bond acceptors (Lipinski definition) is 7. The Labute approximate surface area is 262 Å². The van der Waals surface area contributed by atoms with Crippen LogP contribution >= 0.6 is 0 Å². The molecule has 1 fully saturated rings. The van der Waals surface area contributed by atoms with E-state index in [1.807, 2.05) is 35.4 Å². The normalized spacial score (nSPS) is 14.5. The minimum atomic E-state index is -5.40. The average Bonchev–Trinajstić information content (AvgIpc) is 3.64. The Bertz CT molecular complexity index is 1940. The third kappa shape index (κ3) is 6.17. The number of rotatable bonds is 7. The number of anilines is 1. The number of fused-ring (bicyclic) bond motifs is 2. The summed E-state index contributed by atoms with van der Waals surface area (Å²) < 4.78 is 91.4. The van der Waals surface area contributed by atoms with Crippen molar-refractivity contribution in [3.63, 3.8) is 0 Å². The minimum absolute atomic E-state index is 0.0162. The molecule has 1 N–H and O–H groups in total. The van der Waals surface area contributed by atoms with E-state index in [1.54, 1.807) is 30.3 Å². The summed E-state index contributed by atoms with van der Waals surface area (Å²) in [6, 6.07) is 18.2. The fourth-order valence-electron chi connectivity index (χ4n) is 5.77. The number of aromatic amines is 1. The second-order valence-electron chi connectivity index (χ2n) is 10.7. The molecule has 47 heavy (non-hydrogen) atoms. The predicted octanol–water partition coefficient (Wildman–Crippen LogP) is 6.11. The molecule has 0 atom stereocenters. The van der Waals surface area contributed by atoms with Gasteiger partial charge in [-0.2, -0.15) is 31.1 Å². The zero-order valence-corrected chi connectivity index (χ0v) is 24.6. The van der Waals surface area contributed by atoms with Crippen molar-refractivity contribution in [1.82, 2.24) is 14.6 Å². The summed E-state index contributed by atoms with van der Waals surface area (Å²) in [5.41, 5.74) is 2.18. The quantitative estimate of drug-likeness (QED) is 0.128. The Morgan fingerprint density at radius 1 is 0.830 bits per heavy atom. The number of carbonyl (C=O) groups is 2. The van der Waals surface area contributed by atoms with Crippen molar-refractivity contribution in [2.45, 2.75) is 18.9 Å². The maximum atomic E-state index is 13.5. The highest BCUT2D eigenvalue weighted by atomic mass is 19.4. The number of nitrogens with zero attached hydrogens (tertiary/aromatic N) is 3. The molecular formula is C32H26F6N4O5. The maximum absolute atomic E-state index is 13.5. The maximum Gasteiger partial charge on any atom is 0.493 e. The van der Waals surface area contributed by atoms with Gasteiger partial charge in [0.2, 0.25) is 0 Å². The van der Waals surface area contributed by atoms with E-state index in [-0.39, 0.29) is 34.5 Å². The third-order valence-corrected chi connectivity index (χ3v) is 7.87. The first-order valence-electron chi connectivity index (χ1n) is 14.3. The van der Waals surface area contributed by atoms with Gasteiger partial charge in [-0.05, 0) is 35.9 Å². The molecular weight excluding hydrogens is 634 g/mol. The van der Waals surface area contributed by atoms with E-state index in [2.05, 4.69) is 9.88 Å². The van der Waals surface area contributed by atoms with Crippen molar-refractivity contribution in [3.05, 3.63) is 78.6 Å². The molecule has 1 saturated heterocycles. The van der Waals surface area contributed by atoms with Crippen LogP contribution in [0.4, 0.5) is 32.0 Å². The van der Waals surface area contributed by atoms with Gasteiger partial charge in [-0.1, -0.05) is 36.4 Å². The van der Waals surface area contributed by atoms with Gasteiger partial charge in [0, 0.05) is 61.1 Å². The van der Waals surface area contributed by atoms with Crippen LogP contribution in [0.2, 0.25) is 0 Å². The Kier molecular flexibility index (Phi) is 8.26. The van der Waals surface area contributed by atoms with Crippen LogP contribution in [-0.4, -0.2) is 72.2 Å². The molecule has 0 aliphatic carbocycles. The van der Waals surface area contributed by atoms with Crippen molar-refractivity contribution in [1.29, 1.82) is 0 Å². The monoisotopic (exact) mass is 660 g/mol. The zero-order valence-electron chi connectivity index (χ0n) is 24.6. The first-order chi connectivity index (χ1) is 22.4. The van der Waals surface area contributed by atoms with Gasteiger partial charge in [-0.15, -0.1) is 0 Å². The van der Waals surface area contributed by atoms with Gasteiger partial charge in [-0.3, -0.25) is 4.90 Å². The third-order valence-electron chi connectivity index (χ3n) is 7.87. The molecule has 2 aromatic heterocycles. The largest absolute Gasteiger partial charge is 0.493 e. The average molecular weight is 661 g/mol. The summed E-state index contributed by atoms with van der Waals surface area (Å²) in [6.45, 7) is 1.86. The topological polar surface area (TPSA) is 89.0 Å². The summed E-state index contributed by atoms with van der Waals surface area (Å²) in [4.78, 5) is 36.5. The minimum Gasteiger partial charge on any atom is -0.493 e. The SMILES string of the molecule is COc1ccc2c(c1OC(=O)C(F)(F)F)c(-c1ccccc1)c(CN1CCN(c3cccc4[nH]ccc34)CC1)n2OC(=O)C(F)(F)F. The summed E-state index contributed by atoms with van der Waals surface area (Å²) in [5.74, 6) is -6.12. The molecule has 6 rings (SSSR count). The van der Waals surface area contributed by atoms with Gasteiger partial charge in [0.05, 0.1) is 23.7 Å². The number of alkyl halides is 6. The fourth-order valence-corrected chi connectivity index (χ4v) is 5.77. The molecule has 0 amide bonds. The number of ether oxygens (including phenoxy) is 2. The van der Waals surface area contributed by atoms with Crippen LogP contribution in [0.25, 0.3) is 32.9 Å². The van der Waals surface area contributed by atoms with E-state index in [9.17, 15) is 35.9 Å². The van der Waals surface area contributed by atoms with Gasteiger partial charge in [-0.25, -0.2) is 9.59 Å². The smallest absolute Gasteiger partial charge is 0.493 e. The molecule has 3 heterocycles. The molecule has 0 saturated carbocycles. The van der Waals surface area contributed by atoms with Gasteiger partial charge in [0.1, 0.15) is 0 Å². The van der Waals surface area contributed by atoms with E-state index >= 15 is 0 Å². The number of hydrogen-bond donors (Lipinski definition) is 1. The number of piperazine rings is 1. The molecule has 3 aromatic carbocycles. The number of aromatic nitrogens is 2. The van der Waals surface area contributed by atoms with Crippen LogP contribution in [0.15, 0.2) is 72.9 Å². The van der Waals surface area contributed by atoms with Crippen LogP contribution in [0.5, 0.6) is 11.5 Å². The Morgan fingerprint density at radius 2 is 1.53 bits per heavy atom. The first kappa shape index (κ1) is 31.8. The summed E-state index contributed by atoms with van der Waals surface area (Å²) in [7, 11) is 1.13. The Morgan fingerprint density at radius 3 is 2.19 bits per heavy atom. The highest BCUT2D eigenvalue weighted by molar-refractivity contribution is 6.05. The number of carbonyl (C=O) groups excluding carboxylic acids is 2. The number of esters is 1. The molecule has 15 heteroatoms. The predicted molar refractivity (Wildman–Crippen MR) is 159 cm³/mol. The van der Waals surface area contributed by atoms with Crippen LogP contribution in [0.3, 0.4) is 0 Å². The highest BCUT2D eigenvalue weighted by Gasteiger charge is 2.44. The molecule has 0 unspecified atom stereocenters. The van der Waals surface area contributed by atoms with E-state index in [1.165, 1.54) is 6.07 Å². The Balaban J connectivity index is 1.47.